The molecule has 140 valence electrons. The standard InChI is InChI=1S/C19H24N2O4S/c1-25-16-8-6-15(7-9-16)21(19(24)13-10-18(23)26-12-13)11-17(22)20-14-4-2-3-5-14/h6-9,13-14H,2-5,10-12H2,1H3,(H,20,22). The third-order valence-corrected chi connectivity index (χ3v) is 5.94. The number of carbonyl (C=O) groups excluding carboxylic acids is 3. The van der Waals surface area contributed by atoms with Crippen LogP contribution in [0, 0.1) is 5.92 Å². The molecule has 2 fully saturated rings. The van der Waals surface area contributed by atoms with Crippen molar-refractivity contribution in [2.45, 2.75) is 38.1 Å². The molecule has 1 aliphatic carbocycles. The Labute approximate surface area is 157 Å². The van der Waals surface area contributed by atoms with Crippen LogP contribution >= 0.6 is 11.8 Å². The van der Waals surface area contributed by atoms with Crippen LogP contribution in [0.5, 0.6) is 5.75 Å². The minimum atomic E-state index is -0.367. The topological polar surface area (TPSA) is 75.7 Å². The Kier molecular flexibility index (Phi) is 6.19. The van der Waals surface area contributed by atoms with Crippen molar-refractivity contribution in [1.82, 2.24) is 5.32 Å². The molecule has 1 saturated heterocycles. The summed E-state index contributed by atoms with van der Waals surface area (Å²) < 4.78 is 5.16. The van der Waals surface area contributed by atoms with Crippen molar-refractivity contribution in [2.75, 3.05) is 24.3 Å². The fourth-order valence-electron chi connectivity index (χ4n) is 3.44. The first kappa shape index (κ1) is 18.8. The number of rotatable bonds is 6. The molecule has 6 nitrogen and oxygen atoms in total. The van der Waals surface area contributed by atoms with Gasteiger partial charge in [0, 0.05) is 23.9 Å². The number of ether oxygens (including phenoxy) is 1. The number of nitrogens with one attached hydrogen (secondary N) is 1. The van der Waals surface area contributed by atoms with Crippen LogP contribution in [0.3, 0.4) is 0 Å². The van der Waals surface area contributed by atoms with Gasteiger partial charge in [-0.15, -0.1) is 0 Å². The van der Waals surface area contributed by atoms with Crippen molar-refractivity contribution in [1.29, 1.82) is 0 Å². The van der Waals surface area contributed by atoms with Crippen molar-refractivity contribution in [2.24, 2.45) is 5.92 Å². The lowest BCUT2D eigenvalue weighted by molar-refractivity contribution is -0.126. The zero-order chi connectivity index (χ0) is 18.5. The monoisotopic (exact) mass is 376 g/mol. The van der Waals surface area contributed by atoms with Gasteiger partial charge in [0.15, 0.2) is 5.12 Å². The van der Waals surface area contributed by atoms with Crippen LogP contribution in [-0.4, -0.2) is 42.4 Å². The first-order chi connectivity index (χ1) is 12.6. The summed E-state index contributed by atoms with van der Waals surface area (Å²) in [5, 5.41) is 3.06. The van der Waals surface area contributed by atoms with Gasteiger partial charge in [-0.05, 0) is 37.1 Å². The number of benzene rings is 1. The van der Waals surface area contributed by atoms with Crippen LogP contribution in [0.1, 0.15) is 32.1 Å². The summed E-state index contributed by atoms with van der Waals surface area (Å²) in [4.78, 5) is 38.5. The fourth-order valence-corrected chi connectivity index (χ4v) is 4.40. The Balaban J connectivity index is 1.74. The Morgan fingerprint density at radius 1 is 1.23 bits per heavy atom. The molecule has 0 spiro atoms. The third kappa shape index (κ3) is 4.58. The van der Waals surface area contributed by atoms with Crippen molar-refractivity contribution in [3.63, 3.8) is 0 Å². The number of amides is 2. The van der Waals surface area contributed by atoms with Gasteiger partial charge in [-0.1, -0.05) is 24.6 Å². The van der Waals surface area contributed by atoms with E-state index in [4.69, 9.17) is 4.74 Å². The Hall–Kier alpha value is -2.02. The zero-order valence-corrected chi connectivity index (χ0v) is 15.7. The normalized spacial score (nSPS) is 20.2. The number of hydrogen-bond donors (Lipinski definition) is 1. The summed E-state index contributed by atoms with van der Waals surface area (Å²) in [6, 6.07) is 7.27. The predicted molar refractivity (Wildman–Crippen MR) is 101 cm³/mol. The second kappa shape index (κ2) is 8.58. The van der Waals surface area contributed by atoms with Gasteiger partial charge >= 0.3 is 0 Å². The number of hydrogen-bond acceptors (Lipinski definition) is 5. The van der Waals surface area contributed by atoms with Crippen molar-refractivity contribution < 1.29 is 19.1 Å². The highest BCUT2D eigenvalue weighted by Gasteiger charge is 2.34. The van der Waals surface area contributed by atoms with E-state index >= 15 is 0 Å². The summed E-state index contributed by atoms with van der Waals surface area (Å²) in [7, 11) is 1.58. The summed E-state index contributed by atoms with van der Waals surface area (Å²) in [5.41, 5.74) is 0.640. The average molecular weight is 376 g/mol. The maximum absolute atomic E-state index is 13.0. The molecule has 1 N–H and O–H groups in total. The molecule has 1 aromatic carbocycles. The molecule has 1 unspecified atom stereocenters. The van der Waals surface area contributed by atoms with Gasteiger partial charge in [-0.2, -0.15) is 0 Å². The third-order valence-electron chi connectivity index (χ3n) is 4.88. The molecule has 0 radical (unpaired) electrons. The second-order valence-electron chi connectivity index (χ2n) is 6.76. The first-order valence-electron chi connectivity index (χ1n) is 8.97. The number of nitrogens with zero attached hydrogens (tertiary/aromatic N) is 1. The molecule has 7 heteroatoms. The fraction of sp³-hybridized carbons (Fsp3) is 0.526. The van der Waals surface area contributed by atoms with E-state index < -0.39 is 0 Å². The number of anilines is 1. The number of thioether (sulfide) groups is 1. The van der Waals surface area contributed by atoms with E-state index in [1.54, 1.807) is 31.4 Å². The maximum atomic E-state index is 13.0. The van der Waals surface area contributed by atoms with Crippen LogP contribution in [0.2, 0.25) is 0 Å². The lowest BCUT2D eigenvalue weighted by Crippen LogP contribution is -2.45. The van der Waals surface area contributed by atoms with Crippen molar-refractivity contribution >= 4 is 34.4 Å². The highest BCUT2D eigenvalue weighted by molar-refractivity contribution is 8.14. The van der Waals surface area contributed by atoms with Crippen LogP contribution in [0.15, 0.2) is 24.3 Å². The van der Waals surface area contributed by atoms with Crippen molar-refractivity contribution in [3.05, 3.63) is 24.3 Å². The molecule has 2 aliphatic rings. The van der Waals surface area contributed by atoms with E-state index in [9.17, 15) is 14.4 Å². The first-order valence-corrected chi connectivity index (χ1v) is 9.96. The molecular formula is C19H24N2O4S. The maximum Gasteiger partial charge on any atom is 0.240 e. The minimum absolute atomic E-state index is 0.0307. The summed E-state index contributed by atoms with van der Waals surface area (Å²) in [6.07, 6.45) is 4.49. The van der Waals surface area contributed by atoms with E-state index in [2.05, 4.69) is 5.32 Å². The van der Waals surface area contributed by atoms with Gasteiger partial charge in [0.1, 0.15) is 12.3 Å². The van der Waals surface area contributed by atoms with E-state index in [1.807, 2.05) is 0 Å². The van der Waals surface area contributed by atoms with Gasteiger partial charge in [-0.3, -0.25) is 14.4 Å². The Bertz CT molecular complexity index is 671. The molecule has 26 heavy (non-hydrogen) atoms. The molecule has 0 aromatic heterocycles. The smallest absolute Gasteiger partial charge is 0.240 e. The minimum Gasteiger partial charge on any atom is -0.497 e. The highest BCUT2D eigenvalue weighted by atomic mass is 32.2. The number of carbonyl (C=O) groups is 3. The molecule has 1 aromatic rings. The van der Waals surface area contributed by atoms with Crippen LogP contribution in [-0.2, 0) is 14.4 Å². The van der Waals surface area contributed by atoms with Gasteiger partial charge in [0.2, 0.25) is 11.8 Å². The predicted octanol–water partition coefficient (Wildman–Crippen LogP) is 2.37. The largest absolute Gasteiger partial charge is 0.497 e. The second-order valence-corrected chi connectivity index (χ2v) is 7.83. The van der Waals surface area contributed by atoms with E-state index in [-0.39, 0.29) is 41.9 Å². The van der Waals surface area contributed by atoms with Crippen LogP contribution in [0.4, 0.5) is 5.69 Å². The Morgan fingerprint density at radius 3 is 2.50 bits per heavy atom. The van der Waals surface area contributed by atoms with E-state index in [0.29, 0.717) is 17.2 Å². The van der Waals surface area contributed by atoms with Gasteiger partial charge in [0.25, 0.3) is 0 Å². The average Bonchev–Trinajstić information content (AvgIpc) is 3.31. The number of methoxy groups -OCH3 is 1. The van der Waals surface area contributed by atoms with E-state index in [0.717, 1.165) is 25.7 Å². The summed E-state index contributed by atoms with van der Waals surface area (Å²) in [5.74, 6) is 0.472. The van der Waals surface area contributed by atoms with Crippen LogP contribution < -0.4 is 15.0 Å². The summed E-state index contributed by atoms with van der Waals surface area (Å²) in [6.45, 7) is -0.0307. The molecular weight excluding hydrogens is 352 g/mol. The lowest BCUT2D eigenvalue weighted by Gasteiger charge is -2.26. The summed E-state index contributed by atoms with van der Waals surface area (Å²) >= 11 is 1.19. The quantitative estimate of drug-likeness (QED) is 0.825. The molecule has 1 saturated carbocycles. The lowest BCUT2D eigenvalue weighted by atomic mass is 10.1. The van der Waals surface area contributed by atoms with E-state index in [1.165, 1.54) is 16.7 Å². The molecule has 1 heterocycles. The van der Waals surface area contributed by atoms with Crippen molar-refractivity contribution in [3.8, 4) is 5.75 Å². The molecule has 0 bridgehead atoms. The van der Waals surface area contributed by atoms with Gasteiger partial charge in [0.05, 0.1) is 13.0 Å². The zero-order valence-electron chi connectivity index (χ0n) is 14.9. The SMILES string of the molecule is COc1ccc(N(CC(=O)NC2CCCC2)C(=O)C2CSC(=O)C2)cc1. The molecule has 2 amide bonds. The highest BCUT2D eigenvalue weighted by Crippen LogP contribution is 2.29. The molecule has 3 rings (SSSR count). The van der Waals surface area contributed by atoms with Crippen LogP contribution in [0.25, 0.3) is 0 Å². The van der Waals surface area contributed by atoms with Gasteiger partial charge < -0.3 is 15.0 Å². The molecule has 1 aliphatic heterocycles. The molecule has 1 atom stereocenters. The van der Waals surface area contributed by atoms with Gasteiger partial charge in [-0.25, -0.2) is 0 Å². The Morgan fingerprint density at radius 2 is 1.92 bits per heavy atom.